The minimum Gasteiger partial charge on any atom is -0.416 e. The number of para-hydroxylation sites is 2. The Kier molecular flexibility index (Phi) is 8.26. The van der Waals surface area contributed by atoms with E-state index in [9.17, 15) is 0 Å². The van der Waals surface area contributed by atoms with Crippen LogP contribution in [0.2, 0.25) is 0 Å². The van der Waals surface area contributed by atoms with Crippen LogP contribution in [0.25, 0.3) is 39.6 Å². The van der Waals surface area contributed by atoms with Gasteiger partial charge in [-0.25, -0.2) is 0 Å². The van der Waals surface area contributed by atoms with Gasteiger partial charge >= 0.3 is 0 Å². The SMILES string of the molecule is CC12C=C(c3ccccc3)C=CC1N(c1ccccc1)c1ccc(-c3ccc(N(c4ccccc4)c4ccc(-c5nnc(-c6ccccc6)o5)cc4)cc3)cc12. The van der Waals surface area contributed by atoms with Gasteiger partial charge in [-0.15, -0.1) is 10.2 Å². The summed E-state index contributed by atoms with van der Waals surface area (Å²) in [5, 5.41) is 8.63. The van der Waals surface area contributed by atoms with Crippen molar-refractivity contribution in [3.05, 3.63) is 217 Å². The minimum absolute atomic E-state index is 0.154. The highest BCUT2D eigenvalue weighted by Gasteiger charge is 2.47. The van der Waals surface area contributed by atoms with Gasteiger partial charge in [0.2, 0.25) is 11.8 Å². The van der Waals surface area contributed by atoms with Crippen molar-refractivity contribution in [2.75, 3.05) is 9.80 Å². The average Bonchev–Trinajstić information content (AvgIpc) is 3.87. The lowest BCUT2D eigenvalue weighted by molar-refractivity contribution is 0.553. The Morgan fingerprint density at radius 3 is 1.64 bits per heavy atom. The van der Waals surface area contributed by atoms with E-state index in [4.69, 9.17) is 4.42 Å². The number of hydrogen-bond acceptors (Lipinski definition) is 5. The molecule has 1 aromatic heterocycles. The molecule has 2 heterocycles. The largest absolute Gasteiger partial charge is 0.416 e. The molecule has 7 aromatic carbocycles. The fraction of sp³-hybridized carbons (Fsp3) is 0.0588. The monoisotopic (exact) mass is 722 g/mol. The van der Waals surface area contributed by atoms with Crippen LogP contribution in [0.4, 0.5) is 28.4 Å². The molecular weight excluding hydrogens is 685 g/mol. The quantitative estimate of drug-likeness (QED) is 0.156. The summed E-state index contributed by atoms with van der Waals surface area (Å²) >= 11 is 0. The van der Waals surface area contributed by atoms with Crippen LogP contribution in [-0.4, -0.2) is 16.2 Å². The van der Waals surface area contributed by atoms with Gasteiger partial charge in [0, 0.05) is 45.0 Å². The third-order valence-corrected chi connectivity index (χ3v) is 11.1. The zero-order valence-corrected chi connectivity index (χ0v) is 30.9. The average molecular weight is 723 g/mol. The number of fused-ring (bicyclic) bond motifs is 3. The van der Waals surface area contributed by atoms with E-state index in [0.717, 1.165) is 28.2 Å². The molecule has 2 atom stereocenters. The summed E-state index contributed by atoms with van der Waals surface area (Å²) in [6, 6.07) is 66.1. The van der Waals surface area contributed by atoms with E-state index in [1.165, 1.54) is 39.2 Å². The maximum Gasteiger partial charge on any atom is 0.248 e. The molecule has 0 spiro atoms. The highest BCUT2D eigenvalue weighted by molar-refractivity contribution is 5.86. The molecule has 2 aliphatic rings. The van der Waals surface area contributed by atoms with Crippen molar-refractivity contribution in [1.82, 2.24) is 10.2 Å². The van der Waals surface area contributed by atoms with Crippen LogP contribution in [0.15, 0.2) is 211 Å². The third kappa shape index (κ3) is 5.91. The zero-order chi connectivity index (χ0) is 37.5. The molecule has 5 nitrogen and oxygen atoms in total. The zero-order valence-electron chi connectivity index (χ0n) is 30.9. The Hall–Kier alpha value is -7.24. The van der Waals surface area contributed by atoms with Crippen LogP contribution >= 0.6 is 0 Å². The molecule has 1 aliphatic heterocycles. The smallest absolute Gasteiger partial charge is 0.248 e. The van der Waals surface area contributed by atoms with Gasteiger partial charge in [-0.2, -0.15) is 0 Å². The Labute approximate surface area is 327 Å². The Bertz CT molecular complexity index is 2690. The van der Waals surface area contributed by atoms with E-state index in [1.807, 2.05) is 48.5 Å². The van der Waals surface area contributed by atoms with Crippen LogP contribution in [0.1, 0.15) is 18.1 Å². The summed E-state index contributed by atoms with van der Waals surface area (Å²) in [5.41, 5.74) is 13.3. The van der Waals surface area contributed by atoms with Crippen molar-refractivity contribution in [2.24, 2.45) is 0 Å². The first-order chi connectivity index (χ1) is 27.6. The molecule has 8 aromatic rings. The number of hydrogen-bond donors (Lipinski definition) is 0. The minimum atomic E-state index is -0.234. The normalized spacial score (nSPS) is 16.9. The molecule has 0 fully saturated rings. The number of aromatic nitrogens is 2. The van der Waals surface area contributed by atoms with Crippen molar-refractivity contribution in [3.8, 4) is 34.0 Å². The lowest BCUT2D eigenvalue weighted by atomic mass is 9.73. The third-order valence-electron chi connectivity index (χ3n) is 11.1. The molecule has 0 bridgehead atoms. The Morgan fingerprint density at radius 1 is 0.518 bits per heavy atom. The Balaban J connectivity index is 0.990. The van der Waals surface area contributed by atoms with Crippen LogP contribution < -0.4 is 9.80 Å². The first kappa shape index (κ1) is 33.3. The second kappa shape index (κ2) is 13.9. The van der Waals surface area contributed by atoms with E-state index in [1.54, 1.807) is 0 Å². The molecule has 0 saturated carbocycles. The second-order valence-electron chi connectivity index (χ2n) is 14.5. The van der Waals surface area contributed by atoms with Crippen molar-refractivity contribution in [2.45, 2.75) is 18.4 Å². The maximum atomic E-state index is 6.05. The lowest BCUT2D eigenvalue weighted by Gasteiger charge is -2.36. The van der Waals surface area contributed by atoms with Gasteiger partial charge in [0.25, 0.3) is 0 Å². The molecule has 1 aliphatic carbocycles. The van der Waals surface area contributed by atoms with Crippen molar-refractivity contribution in [3.63, 3.8) is 0 Å². The first-order valence-electron chi connectivity index (χ1n) is 19.0. The standard InChI is InChI=1S/C51H38N4O/c1-51-35-41(36-14-6-2-7-15-36)27-33-48(51)55(43-20-12-5-13-21-43)47-32-26-40(34-46(47)51)37-22-28-44(29-23-37)54(42-18-10-4-11-19-42)45-30-24-39(25-31-45)50-53-52-49(56-50)38-16-8-3-9-17-38/h2-35,48H,1H3. The molecule has 10 rings (SSSR count). The van der Waals surface area contributed by atoms with Gasteiger partial charge in [-0.05, 0) is 120 Å². The van der Waals surface area contributed by atoms with E-state index in [0.29, 0.717) is 11.8 Å². The van der Waals surface area contributed by atoms with E-state index >= 15 is 0 Å². The fourth-order valence-electron chi connectivity index (χ4n) is 8.27. The molecule has 0 saturated heterocycles. The molecule has 0 N–H and O–H groups in total. The van der Waals surface area contributed by atoms with Crippen molar-refractivity contribution in [1.29, 1.82) is 0 Å². The molecule has 268 valence electrons. The van der Waals surface area contributed by atoms with Gasteiger partial charge in [0.05, 0.1) is 6.04 Å². The van der Waals surface area contributed by atoms with Gasteiger partial charge in [-0.1, -0.05) is 121 Å². The van der Waals surface area contributed by atoms with Crippen molar-refractivity contribution >= 4 is 34.0 Å². The molecule has 56 heavy (non-hydrogen) atoms. The predicted molar refractivity (Wildman–Crippen MR) is 229 cm³/mol. The molecule has 5 heteroatoms. The van der Waals surface area contributed by atoms with Crippen LogP contribution in [0.5, 0.6) is 0 Å². The highest BCUT2D eigenvalue weighted by Crippen LogP contribution is 2.53. The first-order valence-corrected chi connectivity index (χ1v) is 19.0. The van der Waals surface area contributed by atoms with Gasteiger partial charge in [-0.3, -0.25) is 0 Å². The molecule has 0 amide bonds. The lowest BCUT2D eigenvalue weighted by Crippen LogP contribution is -2.39. The second-order valence-corrected chi connectivity index (χ2v) is 14.5. The highest BCUT2D eigenvalue weighted by atomic mass is 16.4. The van der Waals surface area contributed by atoms with Gasteiger partial charge in [0.1, 0.15) is 0 Å². The van der Waals surface area contributed by atoms with Gasteiger partial charge in [0.15, 0.2) is 0 Å². The molecular formula is C51H38N4O. The summed E-state index contributed by atoms with van der Waals surface area (Å²) in [5.74, 6) is 0.994. The number of allylic oxidation sites excluding steroid dienone is 2. The predicted octanol–water partition coefficient (Wildman–Crippen LogP) is 13.0. The van der Waals surface area contributed by atoms with Crippen LogP contribution in [-0.2, 0) is 5.41 Å². The van der Waals surface area contributed by atoms with E-state index in [2.05, 4.69) is 185 Å². The molecule has 0 radical (unpaired) electrons. The number of nitrogens with zero attached hydrogens (tertiary/aromatic N) is 4. The van der Waals surface area contributed by atoms with Gasteiger partial charge < -0.3 is 14.2 Å². The summed E-state index contributed by atoms with van der Waals surface area (Å²) in [4.78, 5) is 4.77. The maximum absolute atomic E-state index is 6.05. The Morgan fingerprint density at radius 2 is 1.02 bits per heavy atom. The topological polar surface area (TPSA) is 45.4 Å². The fourth-order valence-corrected chi connectivity index (χ4v) is 8.27. The summed E-state index contributed by atoms with van der Waals surface area (Å²) in [6.07, 6.45) is 7.16. The van der Waals surface area contributed by atoms with Crippen LogP contribution in [0, 0.1) is 0 Å². The summed E-state index contributed by atoms with van der Waals surface area (Å²) in [6.45, 7) is 2.39. The molecule has 2 unspecified atom stereocenters. The number of anilines is 5. The van der Waals surface area contributed by atoms with Crippen molar-refractivity contribution < 1.29 is 4.42 Å². The van der Waals surface area contributed by atoms with E-state index < -0.39 is 0 Å². The van der Waals surface area contributed by atoms with Crippen LogP contribution in [0.3, 0.4) is 0 Å². The number of rotatable bonds is 8. The summed E-state index contributed by atoms with van der Waals surface area (Å²) < 4.78 is 6.05. The number of benzene rings is 7. The summed E-state index contributed by atoms with van der Waals surface area (Å²) in [7, 11) is 0. The van der Waals surface area contributed by atoms with E-state index in [-0.39, 0.29) is 11.5 Å².